The van der Waals surface area contributed by atoms with E-state index in [9.17, 15) is 0 Å². The summed E-state index contributed by atoms with van der Waals surface area (Å²) in [6.07, 6.45) is 11.5. The second kappa shape index (κ2) is 7.53. The Bertz CT molecular complexity index is 354. The molecule has 3 N–H and O–H groups in total. The van der Waals surface area contributed by atoms with E-state index in [1.807, 2.05) is 6.92 Å². The Morgan fingerprint density at radius 2 is 2.16 bits per heavy atom. The van der Waals surface area contributed by atoms with Crippen molar-refractivity contribution in [1.29, 1.82) is 0 Å². The Balaban J connectivity index is 2.15. The van der Waals surface area contributed by atoms with Gasteiger partial charge >= 0.3 is 0 Å². The van der Waals surface area contributed by atoms with Gasteiger partial charge in [0.15, 0.2) is 0 Å². The maximum Gasteiger partial charge on any atom is 0.0911 e. The molecule has 106 valence electrons. The Kier molecular flexibility index (Phi) is 5.69. The van der Waals surface area contributed by atoms with Crippen LogP contribution in [-0.4, -0.2) is 22.7 Å². The van der Waals surface area contributed by atoms with Gasteiger partial charge in [0, 0.05) is 19.0 Å². The third-order valence-electron chi connectivity index (χ3n) is 3.88. The predicted molar refractivity (Wildman–Crippen MR) is 74.1 cm³/mol. The zero-order valence-corrected chi connectivity index (χ0v) is 11.6. The van der Waals surface area contributed by atoms with Crippen molar-refractivity contribution in [3.63, 3.8) is 0 Å². The van der Waals surface area contributed by atoms with Crippen molar-refractivity contribution in [2.24, 2.45) is 11.8 Å². The Morgan fingerprint density at radius 1 is 1.37 bits per heavy atom. The van der Waals surface area contributed by atoms with Crippen molar-refractivity contribution in [1.82, 2.24) is 15.4 Å². The predicted octanol–water partition coefficient (Wildman–Crippen LogP) is 1.97. The summed E-state index contributed by atoms with van der Waals surface area (Å²) in [6.45, 7) is 2.72. The smallest absolute Gasteiger partial charge is 0.0911 e. The van der Waals surface area contributed by atoms with Gasteiger partial charge in [-0.15, -0.1) is 0 Å². The van der Waals surface area contributed by atoms with Crippen molar-refractivity contribution in [3.05, 3.63) is 24.3 Å². The number of hydrazine groups is 1. The van der Waals surface area contributed by atoms with Gasteiger partial charge in [-0.2, -0.15) is 0 Å². The van der Waals surface area contributed by atoms with Crippen molar-refractivity contribution < 1.29 is 4.74 Å². The van der Waals surface area contributed by atoms with E-state index in [4.69, 9.17) is 10.6 Å². The average molecular weight is 264 g/mol. The quantitative estimate of drug-likeness (QED) is 0.607. The maximum atomic E-state index is 5.98. The number of nitrogens with zero attached hydrogens (tertiary/aromatic N) is 2. The highest BCUT2D eigenvalue weighted by Gasteiger charge is 2.32. The number of aromatic nitrogens is 2. The van der Waals surface area contributed by atoms with Crippen LogP contribution in [0.5, 0.6) is 0 Å². The van der Waals surface area contributed by atoms with Crippen LogP contribution in [0.1, 0.15) is 50.8 Å². The number of hydrogen-bond donors (Lipinski definition) is 2. The molecule has 19 heavy (non-hydrogen) atoms. The number of ether oxygens (including phenoxy) is 1. The molecule has 1 fully saturated rings. The van der Waals surface area contributed by atoms with Crippen LogP contribution in [0.2, 0.25) is 0 Å². The topological polar surface area (TPSA) is 73.1 Å². The summed E-state index contributed by atoms with van der Waals surface area (Å²) in [5.74, 6) is 6.30. The molecule has 5 heteroatoms. The van der Waals surface area contributed by atoms with Crippen molar-refractivity contribution in [3.8, 4) is 0 Å². The van der Waals surface area contributed by atoms with Crippen LogP contribution in [0.15, 0.2) is 18.6 Å². The zero-order chi connectivity index (χ0) is 13.5. The van der Waals surface area contributed by atoms with Crippen LogP contribution in [0.3, 0.4) is 0 Å². The third-order valence-corrected chi connectivity index (χ3v) is 3.88. The van der Waals surface area contributed by atoms with E-state index in [-0.39, 0.29) is 12.1 Å². The molecule has 2 unspecified atom stereocenters. The fourth-order valence-corrected chi connectivity index (χ4v) is 2.98. The van der Waals surface area contributed by atoms with Crippen molar-refractivity contribution in [2.45, 2.75) is 51.2 Å². The summed E-state index contributed by atoms with van der Waals surface area (Å²) in [5.41, 5.74) is 3.73. The molecule has 0 radical (unpaired) electrons. The number of nitrogens with two attached hydrogens (primary N) is 1. The highest BCUT2D eigenvalue weighted by Crippen LogP contribution is 2.33. The van der Waals surface area contributed by atoms with E-state index in [1.165, 1.54) is 32.1 Å². The van der Waals surface area contributed by atoms with Gasteiger partial charge < -0.3 is 4.74 Å². The lowest BCUT2D eigenvalue weighted by atomic mass is 9.82. The fourth-order valence-electron chi connectivity index (χ4n) is 2.98. The van der Waals surface area contributed by atoms with Crippen LogP contribution < -0.4 is 11.3 Å². The van der Waals surface area contributed by atoms with Crippen molar-refractivity contribution >= 4 is 0 Å². The third kappa shape index (κ3) is 3.72. The molecule has 1 aliphatic rings. The van der Waals surface area contributed by atoms with Gasteiger partial charge in [-0.1, -0.05) is 19.3 Å². The van der Waals surface area contributed by atoms with E-state index < -0.39 is 0 Å². The Morgan fingerprint density at radius 3 is 2.74 bits per heavy atom. The van der Waals surface area contributed by atoms with Crippen LogP contribution in [0.4, 0.5) is 0 Å². The van der Waals surface area contributed by atoms with Gasteiger partial charge in [-0.25, -0.2) is 5.43 Å². The maximum absolute atomic E-state index is 5.98. The standard InChI is InChI=1S/C14H24N4O/c1-2-19-14(11-6-4-3-5-7-11)13(18-15)12-10-16-8-9-17-12/h8-11,13-14,18H,2-7,15H2,1H3. The van der Waals surface area contributed by atoms with Crippen LogP contribution in [-0.2, 0) is 4.74 Å². The lowest BCUT2D eigenvalue weighted by molar-refractivity contribution is -0.0194. The Labute approximate surface area is 114 Å². The number of nitrogens with one attached hydrogen (secondary N) is 1. The monoisotopic (exact) mass is 264 g/mol. The normalized spacial score (nSPS) is 20.1. The minimum absolute atomic E-state index is 0.0759. The summed E-state index contributed by atoms with van der Waals surface area (Å²) in [4.78, 5) is 8.49. The molecule has 1 aromatic heterocycles. The van der Waals surface area contributed by atoms with Gasteiger partial charge in [0.05, 0.1) is 24.0 Å². The second-order valence-electron chi connectivity index (χ2n) is 5.09. The molecule has 0 spiro atoms. The molecule has 0 amide bonds. The van der Waals surface area contributed by atoms with E-state index in [1.54, 1.807) is 18.6 Å². The van der Waals surface area contributed by atoms with Crippen LogP contribution in [0.25, 0.3) is 0 Å². The molecule has 0 aliphatic heterocycles. The van der Waals surface area contributed by atoms with Crippen molar-refractivity contribution in [2.75, 3.05) is 6.61 Å². The zero-order valence-electron chi connectivity index (χ0n) is 11.6. The molecule has 1 aromatic rings. The molecule has 1 saturated carbocycles. The highest BCUT2D eigenvalue weighted by atomic mass is 16.5. The molecular weight excluding hydrogens is 240 g/mol. The van der Waals surface area contributed by atoms with Crippen LogP contribution >= 0.6 is 0 Å². The summed E-state index contributed by atoms with van der Waals surface area (Å²) >= 11 is 0. The molecule has 5 nitrogen and oxygen atoms in total. The minimum Gasteiger partial charge on any atom is -0.376 e. The van der Waals surface area contributed by atoms with E-state index in [2.05, 4.69) is 15.4 Å². The first-order valence-electron chi connectivity index (χ1n) is 7.20. The van der Waals surface area contributed by atoms with E-state index >= 15 is 0 Å². The van der Waals surface area contributed by atoms with Gasteiger partial charge in [-0.05, 0) is 25.7 Å². The Hall–Kier alpha value is -1.04. The van der Waals surface area contributed by atoms with Gasteiger partial charge in [0.2, 0.25) is 0 Å². The molecule has 0 saturated heterocycles. The summed E-state index contributed by atoms with van der Waals surface area (Å²) in [7, 11) is 0. The SMILES string of the molecule is CCOC(C1CCCCC1)C(NN)c1cnccn1. The first-order valence-corrected chi connectivity index (χ1v) is 7.20. The average Bonchev–Trinajstić information content (AvgIpc) is 2.49. The highest BCUT2D eigenvalue weighted by molar-refractivity contribution is 5.05. The molecule has 1 aliphatic carbocycles. The second-order valence-corrected chi connectivity index (χ2v) is 5.09. The van der Waals surface area contributed by atoms with E-state index in [0.717, 1.165) is 5.69 Å². The van der Waals surface area contributed by atoms with E-state index in [0.29, 0.717) is 12.5 Å². The first-order chi connectivity index (χ1) is 9.36. The van der Waals surface area contributed by atoms with Gasteiger partial charge in [-0.3, -0.25) is 15.8 Å². The first kappa shape index (κ1) is 14.4. The number of hydrogen-bond acceptors (Lipinski definition) is 5. The summed E-state index contributed by atoms with van der Waals surface area (Å²) < 4.78 is 5.98. The number of rotatable bonds is 6. The molecule has 0 aromatic carbocycles. The van der Waals surface area contributed by atoms with Crippen LogP contribution in [0, 0.1) is 5.92 Å². The summed E-state index contributed by atoms with van der Waals surface area (Å²) in [5, 5.41) is 0. The van der Waals surface area contributed by atoms with Gasteiger partial charge in [0.25, 0.3) is 0 Å². The minimum atomic E-state index is -0.0863. The fraction of sp³-hybridized carbons (Fsp3) is 0.714. The molecule has 0 bridgehead atoms. The molecule has 2 atom stereocenters. The summed E-state index contributed by atoms with van der Waals surface area (Å²) in [6, 6.07) is -0.0863. The van der Waals surface area contributed by atoms with Gasteiger partial charge in [0.1, 0.15) is 0 Å². The lowest BCUT2D eigenvalue weighted by Crippen LogP contribution is -2.43. The lowest BCUT2D eigenvalue weighted by Gasteiger charge is -2.34. The molecular formula is C14H24N4O. The molecule has 1 heterocycles. The largest absolute Gasteiger partial charge is 0.376 e. The molecule has 2 rings (SSSR count).